The fourth-order valence-corrected chi connectivity index (χ4v) is 3.87. The van der Waals surface area contributed by atoms with E-state index in [0.29, 0.717) is 19.8 Å². The fourth-order valence-electron chi connectivity index (χ4n) is 3.87. The number of hydrogen-bond donors (Lipinski definition) is 0. The Morgan fingerprint density at radius 2 is 1.80 bits per heavy atom. The van der Waals surface area contributed by atoms with Gasteiger partial charge in [0.25, 0.3) is 11.7 Å². The van der Waals surface area contributed by atoms with Crippen molar-refractivity contribution in [2.24, 2.45) is 0 Å². The maximum Gasteiger partial charge on any atom is 0.292 e. The van der Waals surface area contributed by atoms with Crippen LogP contribution in [0.25, 0.3) is 0 Å². The smallest absolute Gasteiger partial charge is 0.292 e. The van der Waals surface area contributed by atoms with Gasteiger partial charge in [-0.05, 0) is 43.9 Å². The molecule has 2 aromatic carbocycles. The molecule has 0 radical (unpaired) electrons. The number of benzene rings is 2. The molecule has 0 saturated carbocycles. The Bertz CT molecular complexity index is 794. The first-order valence-corrected chi connectivity index (χ1v) is 8.87. The number of fused-ring (bicyclic) bond motifs is 2. The zero-order valence-electron chi connectivity index (χ0n) is 14.7. The standard InChI is InChI=1S/C21H23NO3/c1-15-13-16(2)19-18(14-15)21(24-11-6-12-25-21)20(23)22(19)10-9-17-7-4-3-5-8-17/h3-5,7-8,13-14H,6,9-12H2,1-2H3. The van der Waals surface area contributed by atoms with Gasteiger partial charge in [-0.2, -0.15) is 0 Å². The van der Waals surface area contributed by atoms with Crippen molar-refractivity contribution in [2.45, 2.75) is 32.5 Å². The molecule has 1 saturated heterocycles. The van der Waals surface area contributed by atoms with Crippen molar-refractivity contribution in [1.29, 1.82) is 0 Å². The molecule has 4 rings (SSSR count). The minimum atomic E-state index is -1.25. The molecule has 0 atom stereocenters. The van der Waals surface area contributed by atoms with E-state index in [1.54, 1.807) is 0 Å². The first-order chi connectivity index (χ1) is 12.1. The van der Waals surface area contributed by atoms with E-state index in [1.165, 1.54) is 5.56 Å². The molecule has 0 aromatic heterocycles. The van der Waals surface area contributed by atoms with Crippen LogP contribution in [0.3, 0.4) is 0 Å². The Morgan fingerprint density at radius 3 is 2.52 bits per heavy atom. The SMILES string of the molecule is Cc1cc(C)c2c(c1)C1(OCCCO1)C(=O)N2CCc1ccccc1. The van der Waals surface area contributed by atoms with Crippen molar-refractivity contribution < 1.29 is 14.3 Å². The molecule has 130 valence electrons. The average molecular weight is 337 g/mol. The average Bonchev–Trinajstić information content (AvgIpc) is 2.84. The van der Waals surface area contributed by atoms with Gasteiger partial charge in [0.2, 0.25) is 0 Å². The highest BCUT2D eigenvalue weighted by Gasteiger charge is 2.55. The molecule has 4 nitrogen and oxygen atoms in total. The number of carbonyl (C=O) groups is 1. The Labute approximate surface area is 148 Å². The summed E-state index contributed by atoms with van der Waals surface area (Å²) in [5.41, 5.74) is 5.24. The van der Waals surface area contributed by atoms with Gasteiger partial charge >= 0.3 is 0 Å². The summed E-state index contributed by atoms with van der Waals surface area (Å²) in [6.07, 6.45) is 1.62. The lowest BCUT2D eigenvalue weighted by Crippen LogP contribution is -2.47. The number of hydrogen-bond acceptors (Lipinski definition) is 3. The first kappa shape index (κ1) is 16.3. The molecule has 0 N–H and O–H groups in total. The maximum absolute atomic E-state index is 13.3. The maximum atomic E-state index is 13.3. The second-order valence-corrected chi connectivity index (χ2v) is 6.84. The lowest BCUT2D eigenvalue weighted by atomic mass is 10.00. The largest absolute Gasteiger partial charge is 0.338 e. The Hall–Kier alpha value is -2.17. The van der Waals surface area contributed by atoms with Crippen LogP contribution >= 0.6 is 0 Å². The zero-order valence-corrected chi connectivity index (χ0v) is 14.7. The molecule has 1 fully saturated rings. The van der Waals surface area contributed by atoms with Crippen molar-refractivity contribution in [1.82, 2.24) is 0 Å². The molecule has 2 aliphatic rings. The minimum Gasteiger partial charge on any atom is -0.338 e. The number of ether oxygens (including phenoxy) is 2. The van der Waals surface area contributed by atoms with Gasteiger partial charge < -0.3 is 14.4 Å². The highest BCUT2D eigenvalue weighted by Crippen LogP contribution is 2.47. The topological polar surface area (TPSA) is 38.8 Å². The summed E-state index contributed by atoms with van der Waals surface area (Å²) < 4.78 is 11.9. The quantitative estimate of drug-likeness (QED) is 0.861. The number of aryl methyl sites for hydroxylation is 2. The molecule has 1 spiro atoms. The Balaban J connectivity index is 1.72. The summed E-state index contributed by atoms with van der Waals surface area (Å²) in [5, 5.41) is 0. The van der Waals surface area contributed by atoms with E-state index in [4.69, 9.17) is 9.47 Å². The van der Waals surface area contributed by atoms with Crippen LogP contribution in [0.15, 0.2) is 42.5 Å². The lowest BCUT2D eigenvalue weighted by Gasteiger charge is -2.32. The van der Waals surface area contributed by atoms with Gasteiger partial charge in [-0.3, -0.25) is 4.79 Å². The zero-order chi connectivity index (χ0) is 17.4. The summed E-state index contributed by atoms with van der Waals surface area (Å²) in [6.45, 7) is 5.81. The van der Waals surface area contributed by atoms with Gasteiger partial charge in [-0.15, -0.1) is 0 Å². The van der Waals surface area contributed by atoms with Crippen LogP contribution in [-0.4, -0.2) is 25.7 Å². The molecule has 2 aliphatic heterocycles. The van der Waals surface area contributed by atoms with Gasteiger partial charge in [0.05, 0.1) is 18.9 Å². The van der Waals surface area contributed by atoms with Gasteiger partial charge in [0, 0.05) is 12.1 Å². The van der Waals surface area contributed by atoms with Crippen LogP contribution in [0.5, 0.6) is 0 Å². The van der Waals surface area contributed by atoms with E-state index in [-0.39, 0.29) is 5.91 Å². The number of rotatable bonds is 3. The van der Waals surface area contributed by atoms with Gasteiger partial charge in [0.15, 0.2) is 0 Å². The third-order valence-electron chi connectivity index (χ3n) is 4.96. The van der Waals surface area contributed by atoms with E-state index in [0.717, 1.165) is 35.2 Å². The molecule has 25 heavy (non-hydrogen) atoms. The van der Waals surface area contributed by atoms with Crippen LogP contribution in [-0.2, 0) is 26.5 Å². The van der Waals surface area contributed by atoms with Crippen molar-refractivity contribution in [3.05, 3.63) is 64.7 Å². The Morgan fingerprint density at radius 1 is 1.08 bits per heavy atom. The predicted octanol–water partition coefficient (Wildman–Crippen LogP) is 3.48. The monoisotopic (exact) mass is 337 g/mol. The van der Waals surface area contributed by atoms with Crippen LogP contribution in [0, 0.1) is 13.8 Å². The van der Waals surface area contributed by atoms with E-state index in [1.807, 2.05) is 36.1 Å². The first-order valence-electron chi connectivity index (χ1n) is 8.87. The molecule has 0 bridgehead atoms. The summed E-state index contributed by atoms with van der Waals surface area (Å²) in [5.74, 6) is -1.34. The van der Waals surface area contributed by atoms with E-state index < -0.39 is 5.79 Å². The molecular formula is C21H23NO3. The summed E-state index contributed by atoms with van der Waals surface area (Å²) in [4.78, 5) is 15.1. The predicted molar refractivity (Wildman–Crippen MR) is 96.6 cm³/mol. The number of nitrogens with zero attached hydrogens (tertiary/aromatic N) is 1. The van der Waals surface area contributed by atoms with Gasteiger partial charge in [-0.25, -0.2) is 0 Å². The number of anilines is 1. The highest BCUT2D eigenvalue weighted by atomic mass is 16.7. The van der Waals surface area contributed by atoms with E-state index in [2.05, 4.69) is 25.1 Å². The summed E-state index contributed by atoms with van der Waals surface area (Å²) >= 11 is 0. The lowest BCUT2D eigenvalue weighted by molar-refractivity contribution is -0.256. The van der Waals surface area contributed by atoms with E-state index >= 15 is 0 Å². The third kappa shape index (κ3) is 2.66. The van der Waals surface area contributed by atoms with Gasteiger partial charge in [0.1, 0.15) is 0 Å². The number of amides is 1. The number of carbonyl (C=O) groups excluding carboxylic acids is 1. The summed E-state index contributed by atoms with van der Waals surface area (Å²) in [7, 11) is 0. The highest BCUT2D eigenvalue weighted by molar-refractivity contribution is 6.07. The Kier molecular flexibility index (Phi) is 4.10. The molecule has 1 amide bonds. The molecule has 0 unspecified atom stereocenters. The molecule has 0 aliphatic carbocycles. The van der Waals surface area contributed by atoms with Crippen LogP contribution < -0.4 is 4.90 Å². The second kappa shape index (κ2) is 6.28. The van der Waals surface area contributed by atoms with Crippen LogP contribution in [0.1, 0.15) is 28.7 Å². The van der Waals surface area contributed by atoms with Crippen molar-refractivity contribution in [2.75, 3.05) is 24.7 Å². The van der Waals surface area contributed by atoms with Crippen LogP contribution in [0.4, 0.5) is 5.69 Å². The summed E-state index contributed by atoms with van der Waals surface area (Å²) in [6, 6.07) is 14.4. The minimum absolute atomic E-state index is 0.0909. The van der Waals surface area contributed by atoms with Crippen molar-refractivity contribution in [3.63, 3.8) is 0 Å². The van der Waals surface area contributed by atoms with Gasteiger partial charge in [-0.1, -0.05) is 42.0 Å². The molecule has 2 aromatic rings. The second-order valence-electron chi connectivity index (χ2n) is 6.84. The third-order valence-corrected chi connectivity index (χ3v) is 4.96. The van der Waals surface area contributed by atoms with Crippen molar-refractivity contribution in [3.8, 4) is 0 Å². The van der Waals surface area contributed by atoms with E-state index in [9.17, 15) is 4.79 Å². The fraction of sp³-hybridized carbons (Fsp3) is 0.381. The van der Waals surface area contributed by atoms with Crippen LogP contribution in [0.2, 0.25) is 0 Å². The van der Waals surface area contributed by atoms with Crippen molar-refractivity contribution >= 4 is 11.6 Å². The molecular weight excluding hydrogens is 314 g/mol. The molecule has 4 heteroatoms. The molecule has 2 heterocycles. The normalized spacial score (nSPS) is 18.6.